The smallest absolute Gasteiger partial charge is 0.212 e. The van der Waals surface area contributed by atoms with Crippen LogP contribution in [0, 0.1) is 10.8 Å². The quantitative estimate of drug-likeness (QED) is 0.296. The van der Waals surface area contributed by atoms with Gasteiger partial charge in [-0.3, -0.25) is 10.3 Å². The molecule has 6 heterocycles. The van der Waals surface area contributed by atoms with E-state index in [0.29, 0.717) is 41.6 Å². The van der Waals surface area contributed by atoms with Crippen molar-refractivity contribution >= 4 is 22.9 Å². The molecular formula is C28H34N8O2. The Bertz CT molecular complexity index is 1290. The average Bonchev–Trinajstić information content (AvgIpc) is 2.92. The number of aromatic nitrogens is 2. The normalized spacial score (nSPS) is 21.9. The van der Waals surface area contributed by atoms with Gasteiger partial charge in [0.15, 0.2) is 0 Å². The number of amidine groups is 1. The van der Waals surface area contributed by atoms with Crippen LogP contribution in [0.1, 0.15) is 31.4 Å². The van der Waals surface area contributed by atoms with Gasteiger partial charge >= 0.3 is 0 Å². The molecule has 0 aliphatic carbocycles. The van der Waals surface area contributed by atoms with E-state index in [4.69, 9.17) is 31.0 Å². The minimum atomic E-state index is -0.161. The fourth-order valence-corrected chi connectivity index (χ4v) is 5.39. The molecule has 0 radical (unpaired) electrons. The van der Waals surface area contributed by atoms with Gasteiger partial charge in [-0.15, -0.1) is 0 Å². The number of fused-ring (bicyclic) bond motifs is 2. The van der Waals surface area contributed by atoms with E-state index < -0.39 is 0 Å². The van der Waals surface area contributed by atoms with Gasteiger partial charge in [-0.25, -0.2) is 9.97 Å². The average molecular weight is 515 g/mol. The number of pyridine rings is 2. The van der Waals surface area contributed by atoms with Gasteiger partial charge in [0, 0.05) is 73.2 Å². The maximum absolute atomic E-state index is 8.17. The van der Waals surface area contributed by atoms with Crippen LogP contribution < -0.4 is 20.7 Å². The Morgan fingerprint density at radius 3 is 2.50 bits per heavy atom. The van der Waals surface area contributed by atoms with Crippen molar-refractivity contribution < 1.29 is 9.47 Å². The third-order valence-corrected chi connectivity index (χ3v) is 7.22. The fourth-order valence-electron chi connectivity index (χ4n) is 5.39. The Labute approximate surface area is 222 Å². The number of allylic oxidation sites excluding steroid dienone is 2. The van der Waals surface area contributed by atoms with E-state index in [1.807, 2.05) is 43.6 Å². The molecule has 2 atom stereocenters. The lowest BCUT2D eigenvalue weighted by Crippen LogP contribution is -2.68. The van der Waals surface area contributed by atoms with Gasteiger partial charge in [0.2, 0.25) is 5.88 Å². The molecule has 5 N–H and O–H groups in total. The van der Waals surface area contributed by atoms with Crippen LogP contribution in [0.3, 0.4) is 0 Å². The topological polar surface area (TPSA) is 136 Å². The summed E-state index contributed by atoms with van der Waals surface area (Å²) < 4.78 is 10.9. The third-order valence-electron chi connectivity index (χ3n) is 7.22. The van der Waals surface area contributed by atoms with Crippen molar-refractivity contribution in [3.63, 3.8) is 0 Å². The zero-order valence-corrected chi connectivity index (χ0v) is 22.0. The van der Waals surface area contributed by atoms with Gasteiger partial charge in [0.1, 0.15) is 17.4 Å². The zero-order valence-electron chi connectivity index (χ0n) is 22.0. The van der Waals surface area contributed by atoms with Crippen molar-refractivity contribution in [1.29, 1.82) is 10.8 Å². The molecular weight excluding hydrogens is 480 g/mol. The van der Waals surface area contributed by atoms with Crippen LogP contribution in [0.5, 0.6) is 5.88 Å². The van der Waals surface area contributed by atoms with Gasteiger partial charge in [0.05, 0.1) is 25.0 Å². The summed E-state index contributed by atoms with van der Waals surface area (Å²) in [5, 5.41) is 19.4. The van der Waals surface area contributed by atoms with Crippen LogP contribution in [0.4, 0.5) is 5.82 Å². The lowest BCUT2D eigenvalue weighted by molar-refractivity contribution is -0.00877. The summed E-state index contributed by atoms with van der Waals surface area (Å²) in [6.45, 7) is 6.84. The fraction of sp³-hybridized carbons (Fsp3) is 0.357. The summed E-state index contributed by atoms with van der Waals surface area (Å²) in [5.74, 6) is 2.09. The number of dihydropyridines is 1. The maximum atomic E-state index is 8.17. The minimum absolute atomic E-state index is 0.161. The monoisotopic (exact) mass is 514 g/mol. The van der Waals surface area contributed by atoms with E-state index >= 15 is 0 Å². The standard InChI is InChI=1S/C28H34N8O2/c1-4-38-22-10-23(27(34-13-22)26(17(2)29)28(30)31)19-6-7-24(32-12-19)35-15-20-9-21(16-35)36(20)14-18-5-8-25(37-3)33-11-18/h5-8,10-13,20-21,29,34H,4,9,14-16H2,1-3H3,(H3,30,31)/b27-26-,29-17?. The predicted molar refractivity (Wildman–Crippen MR) is 148 cm³/mol. The second kappa shape index (κ2) is 10.7. The van der Waals surface area contributed by atoms with Gasteiger partial charge < -0.3 is 30.8 Å². The minimum Gasteiger partial charge on any atom is -0.492 e. The van der Waals surface area contributed by atoms with Crippen molar-refractivity contribution in [2.75, 3.05) is 31.7 Å². The number of methoxy groups -OCH3 is 1. The van der Waals surface area contributed by atoms with Gasteiger partial charge in [-0.05, 0) is 44.0 Å². The number of anilines is 1. The third kappa shape index (κ3) is 4.99. The number of piperidine rings is 1. The summed E-state index contributed by atoms with van der Waals surface area (Å²) in [6.07, 6.45) is 8.57. The highest BCUT2D eigenvalue weighted by atomic mass is 16.5. The molecule has 2 aromatic rings. The molecule has 2 bridgehead atoms. The first-order valence-corrected chi connectivity index (χ1v) is 12.8. The Balaban J connectivity index is 1.32. The van der Waals surface area contributed by atoms with E-state index in [-0.39, 0.29) is 11.5 Å². The first kappa shape index (κ1) is 25.5. The first-order valence-electron chi connectivity index (χ1n) is 12.8. The van der Waals surface area contributed by atoms with Crippen molar-refractivity contribution in [1.82, 2.24) is 20.2 Å². The van der Waals surface area contributed by atoms with Crippen molar-refractivity contribution in [2.45, 2.75) is 38.9 Å². The van der Waals surface area contributed by atoms with Crippen LogP contribution in [0.2, 0.25) is 0 Å². The molecule has 2 aromatic heterocycles. The molecule has 10 heteroatoms. The van der Waals surface area contributed by atoms with Gasteiger partial charge in [0.25, 0.3) is 0 Å². The molecule has 0 amide bonds. The molecule has 3 fully saturated rings. The largest absolute Gasteiger partial charge is 0.492 e. The zero-order chi connectivity index (χ0) is 26.8. The highest BCUT2D eigenvalue weighted by Gasteiger charge is 2.44. The number of ether oxygens (including phenoxy) is 2. The Morgan fingerprint density at radius 1 is 1.13 bits per heavy atom. The lowest BCUT2D eigenvalue weighted by Gasteiger charge is -2.56. The van der Waals surface area contributed by atoms with Crippen molar-refractivity contribution in [3.05, 3.63) is 77.1 Å². The molecule has 38 heavy (non-hydrogen) atoms. The van der Waals surface area contributed by atoms with Crippen LogP contribution in [-0.4, -0.2) is 65.3 Å². The molecule has 10 nitrogen and oxygen atoms in total. The summed E-state index contributed by atoms with van der Waals surface area (Å²) in [6, 6.07) is 9.05. The second-order valence-electron chi connectivity index (χ2n) is 9.71. The van der Waals surface area contributed by atoms with Crippen LogP contribution in [0.25, 0.3) is 5.57 Å². The molecule has 6 rings (SSSR count). The molecule has 0 saturated carbocycles. The number of rotatable bonds is 9. The second-order valence-corrected chi connectivity index (χ2v) is 9.71. The summed E-state index contributed by atoms with van der Waals surface area (Å²) in [7, 11) is 1.63. The number of hydrogen-bond acceptors (Lipinski definition) is 9. The van der Waals surface area contributed by atoms with Crippen LogP contribution >= 0.6 is 0 Å². The molecule has 198 valence electrons. The molecule has 0 spiro atoms. The SMILES string of the molecule is CCOC1=CN/C(=C(/C(C)=N)C(=N)N)C(c2ccc(N3CC4CC(C3)N4Cc3ccc(OC)nc3)nc2)=C1. The number of nitrogens with one attached hydrogen (secondary N) is 3. The molecule has 4 aliphatic heterocycles. The van der Waals surface area contributed by atoms with E-state index in [1.165, 1.54) is 12.0 Å². The highest BCUT2D eigenvalue weighted by molar-refractivity contribution is 6.22. The van der Waals surface area contributed by atoms with Crippen LogP contribution in [-0.2, 0) is 11.3 Å². The molecule has 0 aromatic carbocycles. The van der Waals surface area contributed by atoms with Crippen LogP contribution in [0.15, 0.2) is 66.0 Å². The van der Waals surface area contributed by atoms with Gasteiger partial charge in [-0.1, -0.05) is 6.07 Å². The van der Waals surface area contributed by atoms with E-state index in [1.54, 1.807) is 20.2 Å². The summed E-state index contributed by atoms with van der Waals surface area (Å²) in [4.78, 5) is 14.0. The number of nitrogens with zero attached hydrogens (tertiary/aromatic N) is 4. The first-order chi connectivity index (χ1) is 18.4. The van der Waals surface area contributed by atoms with Crippen molar-refractivity contribution in [3.8, 4) is 5.88 Å². The predicted octanol–water partition coefficient (Wildman–Crippen LogP) is 3.04. The van der Waals surface area contributed by atoms with E-state index in [0.717, 1.165) is 36.6 Å². The Morgan fingerprint density at radius 2 is 1.92 bits per heavy atom. The molecule has 4 aliphatic rings. The summed E-state index contributed by atoms with van der Waals surface area (Å²) in [5.41, 5.74) is 9.86. The van der Waals surface area contributed by atoms with Gasteiger partial charge in [-0.2, -0.15) is 0 Å². The van der Waals surface area contributed by atoms with E-state index in [2.05, 4.69) is 26.2 Å². The molecule has 3 saturated heterocycles. The summed E-state index contributed by atoms with van der Waals surface area (Å²) >= 11 is 0. The number of nitrogens with two attached hydrogens (primary N) is 1. The van der Waals surface area contributed by atoms with Crippen molar-refractivity contribution in [2.24, 2.45) is 5.73 Å². The number of piperazine rings is 1. The number of hydrogen-bond donors (Lipinski definition) is 4. The maximum Gasteiger partial charge on any atom is 0.212 e. The Hall–Kier alpha value is -4.18. The highest BCUT2D eigenvalue weighted by Crippen LogP contribution is 2.36. The van der Waals surface area contributed by atoms with E-state index in [9.17, 15) is 0 Å². The molecule has 2 unspecified atom stereocenters. The Kier molecular flexibility index (Phi) is 7.15. The lowest BCUT2D eigenvalue weighted by atomic mass is 9.87.